The number of unbranched alkanes of at least 4 members (excludes halogenated alkanes) is 1. The van der Waals surface area contributed by atoms with Crippen molar-refractivity contribution in [2.24, 2.45) is 0 Å². The number of carbonyl (C=O) groups is 2. The SMILES string of the molecule is CCCCN(CC)CC(=O)Nc1ccccc1C(=O)NCc1ccco1. The minimum Gasteiger partial charge on any atom is -0.467 e. The number of carbonyl (C=O) groups excluding carboxylic acids is 2. The van der Waals surface area contributed by atoms with Crippen molar-refractivity contribution in [3.8, 4) is 0 Å². The van der Waals surface area contributed by atoms with E-state index in [0.29, 0.717) is 30.1 Å². The van der Waals surface area contributed by atoms with Gasteiger partial charge in [0.2, 0.25) is 5.91 Å². The van der Waals surface area contributed by atoms with Crippen LogP contribution in [0.25, 0.3) is 0 Å². The standard InChI is InChI=1S/C20H27N3O3/c1-3-5-12-23(4-2)15-19(24)22-18-11-7-6-10-17(18)20(25)21-14-16-9-8-13-26-16/h6-11,13H,3-5,12,14-15H2,1-2H3,(H,21,25)(H,22,24). The molecule has 0 atom stereocenters. The van der Waals surface area contributed by atoms with Crippen molar-refractivity contribution in [2.45, 2.75) is 33.2 Å². The lowest BCUT2D eigenvalue weighted by Gasteiger charge is -2.20. The van der Waals surface area contributed by atoms with Crippen molar-refractivity contribution >= 4 is 17.5 Å². The predicted octanol–water partition coefficient (Wildman–Crippen LogP) is 3.27. The molecule has 26 heavy (non-hydrogen) atoms. The second kappa shape index (κ2) is 10.4. The van der Waals surface area contributed by atoms with E-state index < -0.39 is 0 Å². The maximum atomic E-state index is 12.4. The van der Waals surface area contributed by atoms with Gasteiger partial charge in [-0.3, -0.25) is 14.5 Å². The molecular formula is C20H27N3O3. The van der Waals surface area contributed by atoms with Crippen LogP contribution in [0.3, 0.4) is 0 Å². The fourth-order valence-electron chi connectivity index (χ4n) is 2.59. The van der Waals surface area contributed by atoms with Gasteiger partial charge in [-0.25, -0.2) is 0 Å². The number of anilines is 1. The molecule has 140 valence electrons. The van der Waals surface area contributed by atoms with Crippen LogP contribution >= 0.6 is 0 Å². The number of para-hydroxylation sites is 1. The van der Waals surface area contributed by atoms with E-state index in [9.17, 15) is 9.59 Å². The highest BCUT2D eigenvalue weighted by atomic mass is 16.3. The van der Waals surface area contributed by atoms with Crippen molar-refractivity contribution in [3.05, 3.63) is 54.0 Å². The van der Waals surface area contributed by atoms with Gasteiger partial charge >= 0.3 is 0 Å². The normalized spacial score (nSPS) is 10.7. The summed E-state index contributed by atoms with van der Waals surface area (Å²) in [7, 11) is 0. The molecule has 0 bridgehead atoms. The van der Waals surface area contributed by atoms with Gasteiger partial charge in [0.25, 0.3) is 5.91 Å². The summed E-state index contributed by atoms with van der Waals surface area (Å²) in [6.45, 7) is 6.50. The molecule has 2 aromatic rings. The van der Waals surface area contributed by atoms with E-state index in [0.717, 1.165) is 25.9 Å². The number of furan rings is 1. The fraction of sp³-hybridized carbons (Fsp3) is 0.400. The monoisotopic (exact) mass is 357 g/mol. The predicted molar refractivity (Wildman–Crippen MR) is 102 cm³/mol. The first-order valence-electron chi connectivity index (χ1n) is 9.05. The van der Waals surface area contributed by atoms with Crippen LogP contribution in [0.4, 0.5) is 5.69 Å². The van der Waals surface area contributed by atoms with E-state index in [1.54, 1.807) is 42.7 Å². The van der Waals surface area contributed by atoms with E-state index in [-0.39, 0.29) is 11.8 Å². The van der Waals surface area contributed by atoms with Crippen molar-refractivity contribution in [2.75, 3.05) is 25.0 Å². The Labute approximate surface area is 154 Å². The Bertz CT molecular complexity index is 698. The highest BCUT2D eigenvalue weighted by molar-refractivity contribution is 6.04. The lowest BCUT2D eigenvalue weighted by molar-refractivity contribution is -0.117. The maximum Gasteiger partial charge on any atom is 0.253 e. The van der Waals surface area contributed by atoms with Gasteiger partial charge < -0.3 is 15.1 Å². The number of likely N-dealkylation sites (N-methyl/N-ethyl adjacent to an activating group) is 1. The molecule has 6 nitrogen and oxygen atoms in total. The molecule has 0 unspecified atom stereocenters. The van der Waals surface area contributed by atoms with Crippen LogP contribution in [0.1, 0.15) is 42.8 Å². The molecule has 0 aliphatic rings. The van der Waals surface area contributed by atoms with Crippen molar-refractivity contribution < 1.29 is 14.0 Å². The first-order chi connectivity index (χ1) is 12.6. The van der Waals surface area contributed by atoms with E-state index in [2.05, 4.69) is 22.5 Å². The highest BCUT2D eigenvalue weighted by Gasteiger charge is 2.15. The molecule has 6 heteroatoms. The Balaban J connectivity index is 1.96. The second-order valence-corrected chi connectivity index (χ2v) is 6.08. The third kappa shape index (κ3) is 6.04. The quantitative estimate of drug-likeness (QED) is 0.684. The zero-order valence-corrected chi connectivity index (χ0v) is 15.5. The first-order valence-corrected chi connectivity index (χ1v) is 9.05. The fourth-order valence-corrected chi connectivity index (χ4v) is 2.59. The van der Waals surface area contributed by atoms with Gasteiger partial charge in [-0.2, -0.15) is 0 Å². The molecule has 0 radical (unpaired) electrons. The van der Waals surface area contributed by atoms with Gasteiger partial charge in [0.15, 0.2) is 0 Å². The van der Waals surface area contributed by atoms with E-state index in [1.165, 1.54) is 0 Å². The largest absolute Gasteiger partial charge is 0.467 e. The number of hydrogen-bond acceptors (Lipinski definition) is 4. The first kappa shape index (κ1) is 19.7. The van der Waals surface area contributed by atoms with Gasteiger partial charge in [-0.1, -0.05) is 32.4 Å². The summed E-state index contributed by atoms with van der Waals surface area (Å²) in [5, 5.41) is 5.66. The van der Waals surface area contributed by atoms with Crippen molar-refractivity contribution in [1.29, 1.82) is 0 Å². The Morgan fingerprint density at radius 3 is 2.62 bits per heavy atom. The summed E-state index contributed by atoms with van der Waals surface area (Å²) >= 11 is 0. The number of amides is 2. The summed E-state index contributed by atoms with van der Waals surface area (Å²) in [6.07, 6.45) is 3.72. The molecule has 0 aliphatic heterocycles. The molecule has 0 saturated heterocycles. The zero-order chi connectivity index (χ0) is 18.8. The molecule has 1 aromatic heterocycles. The summed E-state index contributed by atoms with van der Waals surface area (Å²) < 4.78 is 5.21. The minimum atomic E-state index is -0.254. The topological polar surface area (TPSA) is 74.6 Å². The van der Waals surface area contributed by atoms with Crippen LogP contribution in [0.15, 0.2) is 47.1 Å². The third-order valence-corrected chi connectivity index (χ3v) is 4.09. The zero-order valence-electron chi connectivity index (χ0n) is 15.5. The van der Waals surface area contributed by atoms with Crippen molar-refractivity contribution in [1.82, 2.24) is 10.2 Å². The van der Waals surface area contributed by atoms with E-state index in [4.69, 9.17) is 4.42 Å². The van der Waals surface area contributed by atoms with E-state index >= 15 is 0 Å². The third-order valence-electron chi connectivity index (χ3n) is 4.09. The molecule has 0 saturated carbocycles. The summed E-state index contributed by atoms with van der Waals surface area (Å²) in [5.74, 6) is 0.305. The van der Waals surface area contributed by atoms with Crippen LogP contribution in [0.2, 0.25) is 0 Å². The van der Waals surface area contributed by atoms with Gasteiger partial charge in [-0.15, -0.1) is 0 Å². The molecule has 1 heterocycles. The maximum absolute atomic E-state index is 12.4. The Morgan fingerprint density at radius 2 is 1.92 bits per heavy atom. The summed E-state index contributed by atoms with van der Waals surface area (Å²) in [4.78, 5) is 26.9. The van der Waals surface area contributed by atoms with Crippen LogP contribution < -0.4 is 10.6 Å². The van der Waals surface area contributed by atoms with Crippen LogP contribution in [-0.4, -0.2) is 36.3 Å². The van der Waals surface area contributed by atoms with Gasteiger partial charge in [0, 0.05) is 0 Å². The van der Waals surface area contributed by atoms with Crippen LogP contribution in [-0.2, 0) is 11.3 Å². The summed E-state index contributed by atoms with van der Waals surface area (Å²) in [5.41, 5.74) is 0.949. The number of hydrogen-bond donors (Lipinski definition) is 2. The smallest absolute Gasteiger partial charge is 0.253 e. The minimum absolute atomic E-state index is 0.116. The van der Waals surface area contributed by atoms with E-state index in [1.807, 2.05) is 6.92 Å². The number of rotatable bonds is 10. The van der Waals surface area contributed by atoms with Crippen LogP contribution in [0, 0.1) is 0 Å². The highest BCUT2D eigenvalue weighted by Crippen LogP contribution is 2.15. The van der Waals surface area contributed by atoms with Gasteiger partial charge in [0.1, 0.15) is 5.76 Å². The van der Waals surface area contributed by atoms with Gasteiger partial charge in [0.05, 0.1) is 30.6 Å². The lowest BCUT2D eigenvalue weighted by atomic mass is 10.1. The molecule has 0 fully saturated rings. The molecule has 0 spiro atoms. The lowest BCUT2D eigenvalue weighted by Crippen LogP contribution is -2.34. The number of nitrogens with one attached hydrogen (secondary N) is 2. The molecular weight excluding hydrogens is 330 g/mol. The molecule has 2 amide bonds. The average molecular weight is 357 g/mol. The van der Waals surface area contributed by atoms with Crippen molar-refractivity contribution in [3.63, 3.8) is 0 Å². The second-order valence-electron chi connectivity index (χ2n) is 6.08. The van der Waals surface area contributed by atoms with Crippen LogP contribution in [0.5, 0.6) is 0 Å². The number of nitrogens with zero attached hydrogens (tertiary/aromatic N) is 1. The molecule has 0 aliphatic carbocycles. The Morgan fingerprint density at radius 1 is 1.12 bits per heavy atom. The average Bonchev–Trinajstić information content (AvgIpc) is 3.17. The number of benzene rings is 1. The molecule has 1 aromatic carbocycles. The van der Waals surface area contributed by atoms with Gasteiger partial charge in [-0.05, 0) is 43.8 Å². The molecule has 2 rings (SSSR count). The Kier molecular flexibility index (Phi) is 7.89. The Hall–Kier alpha value is -2.60. The summed E-state index contributed by atoms with van der Waals surface area (Å²) in [6, 6.07) is 10.6. The molecule has 2 N–H and O–H groups in total.